The first kappa shape index (κ1) is 22.3. The van der Waals surface area contributed by atoms with Gasteiger partial charge in [-0.2, -0.15) is 0 Å². The zero-order chi connectivity index (χ0) is 22.4. The molecule has 3 rings (SSSR count). The van der Waals surface area contributed by atoms with Gasteiger partial charge >= 0.3 is 0 Å². The summed E-state index contributed by atoms with van der Waals surface area (Å²) in [6.07, 6.45) is 1.45. The zero-order valence-electron chi connectivity index (χ0n) is 18.2. The number of anilines is 1. The van der Waals surface area contributed by atoms with E-state index in [1.165, 1.54) is 11.8 Å². The molecule has 1 atom stereocenters. The van der Waals surface area contributed by atoms with Gasteiger partial charge in [0.2, 0.25) is 11.8 Å². The fourth-order valence-electron chi connectivity index (χ4n) is 3.62. The average Bonchev–Trinajstić information content (AvgIpc) is 3.06. The molecule has 0 spiro atoms. The second-order valence-corrected chi connectivity index (χ2v) is 7.44. The quantitative estimate of drug-likeness (QED) is 0.578. The van der Waals surface area contributed by atoms with Gasteiger partial charge in [-0.1, -0.05) is 19.1 Å². The lowest BCUT2D eigenvalue weighted by Gasteiger charge is -2.26. The highest BCUT2D eigenvalue weighted by Crippen LogP contribution is 2.28. The number of methoxy groups -OCH3 is 1. The summed E-state index contributed by atoms with van der Waals surface area (Å²) < 4.78 is 10.7. The molecule has 7 heteroatoms. The van der Waals surface area contributed by atoms with Crippen LogP contribution in [0.4, 0.5) is 5.69 Å². The topological polar surface area (TPSA) is 76.2 Å². The van der Waals surface area contributed by atoms with E-state index in [-0.39, 0.29) is 24.1 Å². The molecule has 1 aliphatic heterocycles. The highest BCUT2D eigenvalue weighted by molar-refractivity contribution is 6.23. The number of carbonyl (C=O) groups excluding carboxylic acids is 3. The minimum absolute atomic E-state index is 0.0187. The minimum Gasteiger partial charge on any atom is -0.497 e. The Bertz CT molecular complexity index is 924. The van der Waals surface area contributed by atoms with Crippen molar-refractivity contribution in [2.45, 2.75) is 39.2 Å². The number of rotatable bonds is 9. The molecular formula is C24H28N2O5. The minimum atomic E-state index is -0.792. The molecule has 0 N–H and O–H groups in total. The van der Waals surface area contributed by atoms with E-state index in [2.05, 4.69) is 0 Å². The van der Waals surface area contributed by atoms with Crippen LogP contribution in [0.2, 0.25) is 0 Å². The highest BCUT2D eigenvalue weighted by Gasteiger charge is 2.43. The van der Waals surface area contributed by atoms with E-state index in [1.807, 2.05) is 31.2 Å². The molecule has 1 saturated heterocycles. The first-order valence-electron chi connectivity index (χ1n) is 10.4. The van der Waals surface area contributed by atoms with Crippen LogP contribution in [0.3, 0.4) is 0 Å². The molecule has 0 aromatic heterocycles. The van der Waals surface area contributed by atoms with Gasteiger partial charge in [0.05, 0.1) is 25.8 Å². The smallest absolute Gasteiger partial charge is 0.257 e. The molecule has 7 nitrogen and oxygen atoms in total. The molecule has 1 fully saturated rings. The van der Waals surface area contributed by atoms with Crippen molar-refractivity contribution in [2.75, 3.05) is 25.2 Å². The predicted octanol–water partition coefficient (Wildman–Crippen LogP) is 3.21. The Morgan fingerprint density at radius 1 is 1.06 bits per heavy atom. The van der Waals surface area contributed by atoms with Crippen molar-refractivity contribution in [3.05, 3.63) is 54.1 Å². The maximum atomic E-state index is 13.1. The van der Waals surface area contributed by atoms with Gasteiger partial charge in [0.25, 0.3) is 5.91 Å². The molecule has 0 saturated carbocycles. The van der Waals surface area contributed by atoms with Crippen molar-refractivity contribution < 1.29 is 23.9 Å². The molecular weight excluding hydrogens is 396 g/mol. The Kier molecular flexibility index (Phi) is 7.28. The van der Waals surface area contributed by atoms with E-state index in [0.717, 1.165) is 22.6 Å². The Morgan fingerprint density at radius 2 is 1.71 bits per heavy atom. The summed E-state index contributed by atoms with van der Waals surface area (Å²) in [6.45, 7) is 4.40. The van der Waals surface area contributed by atoms with Crippen LogP contribution in [0, 0.1) is 0 Å². The van der Waals surface area contributed by atoms with Gasteiger partial charge in [-0.15, -0.1) is 0 Å². The first-order chi connectivity index (χ1) is 14.9. The molecule has 2 aromatic rings. The van der Waals surface area contributed by atoms with Crippen molar-refractivity contribution in [1.82, 2.24) is 4.90 Å². The molecule has 0 aliphatic carbocycles. The first-order valence-corrected chi connectivity index (χ1v) is 10.4. The van der Waals surface area contributed by atoms with Gasteiger partial charge in [0.1, 0.15) is 17.5 Å². The van der Waals surface area contributed by atoms with E-state index >= 15 is 0 Å². The number of hydrogen-bond acceptors (Lipinski definition) is 5. The largest absolute Gasteiger partial charge is 0.497 e. The third-order valence-electron chi connectivity index (χ3n) is 5.27. The van der Waals surface area contributed by atoms with Crippen LogP contribution in [0.25, 0.3) is 0 Å². The summed E-state index contributed by atoms with van der Waals surface area (Å²) in [5.74, 6) is 0.520. The molecule has 1 aliphatic rings. The second-order valence-electron chi connectivity index (χ2n) is 7.44. The lowest BCUT2D eigenvalue weighted by Crippen LogP contribution is -2.45. The summed E-state index contributed by atoms with van der Waals surface area (Å²) in [6, 6.07) is 13.6. The van der Waals surface area contributed by atoms with Crippen molar-refractivity contribution in [3.63, 3.8) is 0 Å². The Morgan fingerprint density at radius 3 is 2.29 bits per heavy atom. The lowest BCUT2D eigenvalue weighted by molar-refractivity contribution is -0.136. The van der Waals surface area contributed by atoms with Crippen molar-refractivity contribution in [3.8, 4) is 11.5 Å². The number of hydrogen-bond donors (Lipinski definition) is 0. The third kappa shape index (κ3) is 5.23. The normalized spacial score (nSPS) is 15.8. The number of imide groups is 1. The molecule has 164 valence electrons. The molecule has 0 bridgehead atoms. The molecule has 2 aromatic carbocycles. The monoisotopic (exact) mass is 424 g/mol. The number of ether oxygens (including phenoxy) is 2. The second kappa shape index (κ2) is 10.1. The summed E-state index contributed by atoms with van der Waals surface area (Å²) in [5, 5.41) is 0. The maximum absolute atomic E-state index is 13.1. The summed E-state index contributed by atoms with van der Waals surface area (Å²) in [7, 11) is 1.60. The van der Waals surface area contributed by atoms with E-state index < -0.39 is 6.04 Å². The van der Waals surface area contributed by atoms with E-state index in [4.69, 9.17) is 9.47 Å². The standard InChI is InChI=1S/C24H28N2O5/c1-4-15-31-21-11-7-19(8-12-21)26-23(28)16-22(24(26)29)25(17(2)27)14-13-18-5-9-20(30-3)10-6-18/h5-12,22H,4,13-16H2,1-3H3/t22-/m0/s1. The molecule has 1 heterocycles. The fraction of sp³-hybridized carbons (Fsp3) is 0.375. The van der Waals surface area contributed by atoms with Gasteiger partial charge < -0.3 is 14.4 Å². The van der Waals surface area contributed by atoms with Crippen LogP contribution in [-0.2, 0) is 20.8 Å². The van der Waals surface area contributed by atoms with Crippen LogP contribution in [0.15, 0.2) is 48.5 Å². The average molecular weight is 424 g/mol. The van der Waals surface area contributed by atoms with Gasteiger partial charge in [-0.3, -0.25) is 14.4 Å². The fourth-order valence-corrected chi connectivity index (χ4v) is 3.62. The van der Waals surface area contributed by atoms with Crippen molar-refractivity contribution in [2.24, 2.45) is 0 Å². The summed E-state index contributed by atoms with van der Waals surface area (Å²) >= 11 is 0. The molecule has 0 radical (unpaired) electrons. The predicted molar refractivity (Wildman–Crippen MR) is 117 cm³/mol. The van der Waals surface area contributed by atoms with Crippen LogP contribution in [-0.4, -0.2) is 48.9 Å². The number of benzene rings is 2. The van der Waals surface area contributed by atoms with Crippen LogP contribution in [0.1, 0.15) is 32.3 Å². The molecule has 31 heavy (non-hydrogen) atoms. The Balaban J connectivity index is 1.70. The number of amides is 3. The third-order valence-corrected chi connectivity index (χ3v) is 5.27. The van der Waals surface area contributed by atoms with Gasteiger partial charge in [-0.05, 0) is 54.8 Å². The van der Waals surface area contributed by atoms with E-state index in [1.54, 1.807) is 31.4 Å². The SMILES string of the molecule is CCCOc1ccc(N2C(=O)C[C@H](N(CCc3ccc(OC)cc3)C(C)=O)C2=O)cc1. The summed E-state index contributed by atoms with van der Waals surface area (Å²) in [4.78, 5) is 40.7. The number of nitrogens with zero attached hydrogens (tertiary/aromatic N) is 2. The van der Waals surface area contributed by atoms with Crippen LogP contribution < -0.4 is 14.4 Å². The van der Waals surface area contributed by atoms with Crippen LogP contribution in [0.5, 0.6) is 11.5 Å². The van der Waals surface area contributed by atoms with Crippen LogP contribution >= 0.6 is 0 Å². The Labute approximate surface area is 182 Å². The van der Waals surface area contributed by atoms with E-state index in [9.17, 15) is 14.4 Å². The highest BCUT2D eigenvalue weighted by atomic mass is 16.5. The van der Waals surface area contributed by atoms with Crippen molar-refractivity contribution in [1.29, 1.82) is 0 Å². The number of carbonyl (C=O) groups is 3. The lowest BCUT2D eigenvalue weighted by atomic mass is 10.1. The molecule has 0 unspecified atom stereocenters. The zero-order valence-corrected chi connectivity index (χ0v) is 18.2. The summed E-state index contributed by atoms with van der Waals surface area (Å²) in [5.41, 5.74) is 1.50. The van der Waals surface area contributed by atoms with E-state index in [0.29, 0.717) is 31.0 Å². The maximum Gasteiger partial charge on any atom is 0.257 e. The molecule has 3 amide bonds. The van der Waals surface area contributed by atoms with Gasteiger partial charge in [-0.25, -0.2) is 4.90 Å². The Hall–Kier alpha value is -3.35. The van der Waals surface area contributed by atoms with Crippen molar-refractivity contribution >= 4 is 23.4 Å². The van der Waals surface area contributed by atoms with Gasteiger partial charge in [0.15, 0.2) is 0 Å². The van der Waals surface area contributed by atoms with Gasteiger partial charge in [0, 0.05) is 13.5 Å².